The van der Waals surface area contributed by atoms with Crippen LogP contribution in [0.2, 0.25) is 0 Å². The van der Waals surface area contributed by atoms with E-state index in [-0.39, 0.29) is 0 Å². The van der Waals surface area contributed by atoms with E-state index >= 15 is 0 Å². The van der Waals surface area contributed by atoms with Crippen LogP contribution in [-0.2, 0) is 0 Å². The van der Waals surface area contributed by atoms with Gasteiger partial charge in [0.1, 0.15) is 0 Å². The minimum absolute atomic E-state index is 0.342. The largest absolute Gasteiger partial charge is 0.329 e. The molecule has 0 aliphatic heterocycles. The average molecular weight is 210 g/mol. The molecule has 2 fully saturated rings. The summed E-state index contributed by atoms with van der Waals surface area (Å²) in [5, 5.41) is 0. The lowest BCUT2D eigenvalue weighted by molar-refractivity contribution is 0.0640. The highest BCUT2D eigenvalue weighted by Gasteiger charge is 2.38. The Labute approximate surface area is 94.2 Å². The summed E-state index contributed by atoms with van der Waals surface area (Å²) in [6, 6.07) is 0. The molecule has 2 aliphatic carbocycles. The lowest BCUT2D eigenvalue weighted by Gasteiger charge is -2.45. The minimum atomic E-state index is 0.342. The SMILES string of the molecule is CC1CCC(CN)(N(C)CC2CC2)CC1. The molecular formula is C13H26N2. The molecule has 0 aromatic heterocycles. The van der Waals surface area contributed by atoms with Crippen molar-refractivity contribution < 1.29 is 0 Å². The van der Waals surface area contributed by atoms with Crippen LogP contribution in [0, 0.1) is 11.8 Å². The molecule has 0 spiro atoms. The minimum Gasteiger partial charge on any atom is -0.329 e. The number of rotatable bonds is 4. The Kier molecular flexibility index (Phi) is 3.36. The molecule has 2 nitrogen and oxygen atoms in total. The number of nitrogens with zero attached hydrogens (tertiary/aromatic N) is 1. The van der Waals surface area contributed by atoms with Gasteiger partial charge in [-0.2, -0.15) is 0 Å². The normalized spacial score (nSPS) is 37.2. The summed E-state index contributed by atoms with van der Waals surface area (Å²) >= 11 is 0. The quantitative estimate of drug-likeness (QED) is 0.771. The van der Waals surface area contributed by atoms with Gasteiger partial charge in [0, 0.05) is 18.6 Å². The number of nitrogens with two attached hydrogens (primary N) is 1. The fourth-order valence-corrected chi connectivity index (χ4v) is 2.92. The van der Waals surface area contributed by atoms with E-state index in [1.54, 1.807) is 0 Å². The summed E-state index contributed by atoms with van der Waals surface area (Å²) in [5.41, 5.74) is 6.38. The molecule has 0 unspecified atom stereocenters. The van der Waals surface area contributed by atoms with Crippen LogP contribution < -0.4 is 5.73 Å². The maximum absolute atomic E-state index is 6.04. The molecule has 0 aromatic carbocycles. The molecule has 0 heterocycles. The molecule has 2 N–H and O–H groups in total. The monoisotopic (exact) mass is 210 g/mol. The van der Waals surface area contributed by atoms with Crippen LogP contribution in [-0.4, -0.2) is 30.6 Å². The Morgan fingerprint density at radius 1 is 1.20 bits per heavy atom. The van der Waals surface area contributed by atoms with Gasteiger partial charge in [-0.15, -0.1) is 0 Å². The van der Waals surface area contributed by atoms with Crippen molar-refractivity contribution in [3.8, 4) is 0 Å². The standard InChI is InChI=1S/C13H26N2/c1-11-5-7-13(10-14,8-6-11)15(2)9-12-3-4-12/h11-12H,3-10,14H2,1-2H3. The Morgan fingerprint density at radius 3 is 2.27 bits per heavy atom. The van der Waals surface area contributed by atoms with Crippen molar-refractivity contribution in [1.29, 1.82) is 0 Å². The van der Waals surface area contributed by atoms with E-state index in [0.29, 0.717) is 5.54 Å². The van der Waals surface area contributed by atoms with E-state index < -0.39 is 0 Å². The van der Waals surface area contributed by atoms with E-state index in [2.05, 4.69) is 18.9 Å². The predicted molar refractivity (Wildman–Crippen MR) is 64.8 cm³/mol. The molecule has 0 atom stereocenters. The molecule has 2 aliphatic rings. The maximum atomic E-state index is 6.04. The van der Waals surface area contributed by atoms with Crippen molar-refractivity contribution in [3.63, 3.8) is 0 Å². The first kappa shape index (κ1) is 11.4. The fourth-order valence-electron chi connectivity index (χ4n) is 2.92. The van der Waals surface area contributed by atoms with Crippen LogP contribution in [0.25, 0.3) is 0 Å². The van der Waals surface area contributed by atoms with Crippen molar-refractivity contribution >= 4 is 0 Å². The number of hydrogen-bond acceptors (Lipinski definition) is 2. The molecule has 0 radical (unpaired) electrons. The summed E-state index contributed by atoms with van der Waals surface area (Å²) in [6.07, 6.45) is 8.25. The second kappa shape index (κ2) is 4.42. The van der Waals surface area contributed by atoms with Gasteiger partial charge in [-0.3, -0.25) is 4.90 Å². The topological polar surface area (TPSA) is 29.3 Å². The van der Waals surface area contributed by atoms with Gasteiger partial charge in [-0.05, 0) is 57.4 Å². The molecule has 88 valence electrons. The van der Waals surface area contributed by atoms with Crippen LogP contribution in [0.15, 0.2) is 0 Å². The van der Waals surface area contributed by atoms with Gasteiger partial charge >= 0.3 is 0 Å². The van der Waals surface area contributed by atoms with Gasteiger partial charge in [0.2, 0.25) is 0 Å². The van der Waals surface area contributed by atoms with Crippen molar-refractivity contribution in [3.05, 3.63) is 0 Å². The van der Waals surface area contributed by atoms with Gasteiger partial charge in [0.25, 0.3) is 0 Å². The lowest BCUT2D eigenvalue weighted by Crippen LogP contribution is -2.54. The molecular weight excluding hydrogens is 184 g/mol. The molecule has 2 rings (SSSR count). The second-order valence-electron chi connectivity index (χ2n) is 5.93. The van der Waals surface area contributed by atoms with E-state index in [1.807, 2.05) is 0 Å². The van der Waals surface area contributed by atoms with Crippen molar-refractivity contribution in [2.24, 2.45) is 17.6 Å². The summed E-state index contributed by atoms with van der Waals surface area (Å²) in [6.45, 7) is 4.51. The molecule has 0 saturated heterocycles. The number of likely N-dealkylation sites (N-methyl/N-ethyl adjacent to an activating group) is 1. The van der Waals surface area contributed by atoms with E-state index in [9.17, 15) is 0 Å². The van der Waals surface area contributed by atoms with Crippen molar-refractivity contribution in [1.82, 2.24) is 4.90 Å². The Bertz CT molecular complexity index is 203. The Morgan fingerprint density at radius 2 is 1.80 bits per heavy atom. The average Bonchev–Trinajstić information content (AvgIpc) is 3.03. The zero-order valence-corrected chi connectivity index (χ0v) is 10.3. The first-order valence-corrected chi connectivity index (χ1v) is 6.57. The van der Waals surface area contributed by atoms with Gasteiger partial charge in [-0.25, -0.2) is 0 Å². The molecule has 15 heavy (non-hydrogen) atoms. The molecule has 0 aromatic rings. The van der Waals surface area contributed by atoms with Crippen LogP contribution in [0.4, 0.5) is 0 Å². The summed E-state index contributed by atoms with van der Waals surface area (Å²) in [4.78, 5) is 2.58. The predicted octanol–water partition coefficient (Wildman–Crippen LogP) is 2.24. The first-order valence-electron chi connectivity index (χ1n) is 6.57. The third-order valence-electron chi connectivity index (χ3n) is 4.62. The maximum Gasteiger partial charge on any atom is 0.0329 e. The van der Waals surface area contributed by atoms with Crippen LogP contribution >= 0.6 is 0 Å². The van der Waals surface area contributed by atoms with Crippen LogP contribution in [0.1, 0.15) is 45.4 Å². The lowest BCUT2D eigenvalue weighted by atomic mass is 9.76. The van der Waals surface area contributed by atoms with Crippen molar-refractivity contribution in [2.75, 3.05) is 20.1 Å². The van der Waals surface area contributed by atoms with Gasteiger partial charge < -0.3 is 5.73 Å². The Hall–Kier alpha value is -0.0800. The third kappa shape index (κ3) is 2.54. The fraction of sp³-hybridized carbons (Fsp3) is 1.00. The highest BCUT2D eigenvalue weighted by atomic mass is 15.2. The molecule has 2 heteroatoms. The van der Waals surface area contributed by atoms with E-state index in [1.165, 1.54) is 45.1 Å². The highest BCUT2D eigenvalue weighted by molar-refractivity contribution is 4.95. The molecule has 2 saturated carbocycles. The molecule has 0 amide bonds. The zero-order valence-electron chi connectivity index (χ0n) is 10.3. The zero-order chi connectivity index (χ0) is 10.9. The van der Waals surface area contributed by atoms with Crippen LogP contribution in [0.3, 0.4) is 0 Å². The molecule has 0 bridgehead atoms. The first-order chi connectivity index (χ1) is 7.16. The van der Waals surface area contributed by atoms with E-state index in [0.717, 1.165) is 18.4 Å². The summed E-state index contributed by atoms with van der Waals surface area (Å²) < 4.78 is 0. The van der Waals surface area contributed by atoms with E-state index in [4.69, 9.17) is 5.73 Å². The number of hydrogen-bond donors (Lipinski definition) is 1. The highest BCUT2D eigenvalue weighted by Crippen LogP contribution is 2.38. The second-order valence-corrected chi connectivity index (χ2v) is 5.93. The summed E-state index contributed by atoms with van der Waals surface area (Å²) in [5.74, 6) is 1.90. The third-order valence-corrected chi connectivity index (χ3v) is 4.62. The van der Waals surface area contributed by atoms with Gasteiger partial charge in [0.15, 0.2) is 0 Å². The Balaban J connectivity index is 1.93. The summed E-state index contributed by atoms with van der Waals surface area (Å²) in [7, 11) is 2.29. The van der Waals surface area contributed by atoms with Crippen LogP contribution in [0.5, 0.6) is 0 Å². The van der Waals surface area contributed by atoms with Gasteiger partial charge in [-0.1, -0.05) is 6.92 Å². The van der Waals surface area contributed by atoms with Gasteiger partial charge in [0.05, 0.1) is 0 Å². The van der Waals surface area contributed by atoms with Crippen molar-refractivity contribution in [2.45, 2.75) is 51.0 Å². The smallest absolute Gasteiger partial charge is 0.0329 e.